The predicted molar refractivity (Wildman–Crippen MR) is 57.0 cm³/mol. The van der Waals surface area contributed by atoms with E-state index >= 15 is 0 Å². The van der Waals surface area contributed by atoms with E-state index in [1.54, 1.807) is 13.3 Å². The molecule has 0 aliphatic rings. The molecule has 1 heterocycles. The molecule has 1 aromatic heterocycles. The standard InChI is InChI=1S/C11H17FN2O/c1-11(2,8-15-3)14-6-9-4-10(12)7-13-5-9/h4-5,7,14H,6,8H2,1-3H3. The van der Waals surface area contributed by atoms with Gasteiger partial charge in [-0.2, -0.15) is 0 Å². The van der Waals surface area contributed by atoms with Crippen molar-refractivity contribution in [3.05, 3.63) is 29.8 Å². The first-order chi connectivity index (χ1) is 7.03. The van der Waals surface area contributed by atoms with Crippen LogP contribution in [-0.4, -0.2) is 24.2 Å². The molecule has 1 N–H and O–H groups in total. The van der Waals surface area contributed by atoms with Gasteiger partial charge in [-0.3, -0.25) is 4.98 Å². The number of nitrogens with zero attached hydrogens (tertiary/aromatic N) is 1. The predicted octanol–water partition coefficient (Wildman–Crippen LogP) is 1.74. The van der Waals surface area contributed by atoms with E-state index in [9.17, 15) is 4.39 Å². The van der Waals surface area contributed by atoms with Crippen LogP contribution >= 0.6 is 0 Å². The van der Waals surface area contributed by atoms with Crippen molar-refractivity contribution in [2.45, 2.75) is 25.9 Å². The molecular weight excluding hydrogens is 195 g/mol. The molecule has 0 unspecified atom stereocenters. The fourth-order valence-corrected chi connectivity index (χ4v) is 1.31. The van der Waals surface area contributed by atoms with Crippen LogP contribution in [0.4, 0.5) is 4.39 Å². The quantitative estimate of drug-likeness (QED) is 0.807. The topological polar surface area (TPSA) is 34.1 Å². The minimum Gasteiger partial charge on any atom is -0.383 e. The molecule has 0 aromatic carbocycles. The fourth-order valence-electron chi connectivity index (χ4n) is 1.31. The normalized spacial score (nSPS) is 11.7. The van der Waals surface area contributed by atoms with Crippen LogP contribution in [-0.2, 0) is 11.3 Å². The molecule has 0 fully saturated rings. The molecule has 4 heteroatoms. The second kappa shape index (κ2) is 5.19. The minimum atomic E-state index is -0.307. The van der Waals surface area contributed by atoms with Crippen molar-refractivity contribution >= 4 is 0 Å². The largest absolute Gasteiger partial charge is 0.383 e. The van der Waals surface area contributed by atoms with E-state index in [1.807, 2.05) is 13.8 Å². The molecule has 0 aliphatic heterocycles. The molecular formula is C11H17FN2O. The Morgan fingerprint density at radius 3 is 2.80 bits per heavy atom. The number of rotatable bonds is 5. The highest BCUT2D eigenvalue weighted by atomic mass is 19.1. The summed E-state index contributed by atoms with van der Waals surface area (Å²) in [6.45, 7) is 5.25. The summed E-state index contributed by atoms with van der Waals surface area (Å²) in [7, 11) is 1.66. The summed E-state index contributed by atoms with van der Waals surface area (Å²) in [5.41, 5.74) is 0.709. The van der Waals surface area contributed by atoms with Crippen LogP contribution in [0, 0.1) is 5.82 Å². The molecule has 1 rings (SSSR count). The van der Waals surface area contributed by atoms with Gasteiger partial charge in [-0.15, -0.1) is 0 Å². The fraction of sp³-hybridized carbons (Fsp3) is 0.545. The van der Waals surface area contributed by atoms with Gasteiger partial charge in [0.25, 0.3) is 0 Å². The van der Waals surface area contributed by atoms with E-state index in [4.69, 9.17) is 4.74 Å². The minimum absolute atomic E-state index is 0.124. The van der Waals surface area contributed by atoms with Crippen molar-refractivity contribution < 1.29 is 9.13 Å². The Labute approximate surface area is 89.7 Å². The highest BCUT2D eigenvalue weighted by Gasteiger charge is 2.16. The number of hydrogen-bond donors (Lipinski definition) is 1. The van der Waals surface area contributed by atoms with Crippen molar-refractivity contribution in [2.75, 3.05) is 13.7 Å². The Morgan fingerprint density at radius 2 is 2.20 bits per heavy atom. The molecule has 1 aromatic rings. The summed E-state index contributed by atoms with van der Waals surface area (Å²) < 4.78 is 17.9. The number of nitrogens with one attached hydrogen (secondary N) is 1. The van der Waals surface area contributed by atoms with E-state index in [1.165, 1.54) is 12.3 Å². The second-order valence-corrected chi connectivity index (χ2v) is 4.18. The van der Waals surface area contributed by atoms with Crippen LogP contribution in [0.2, 0.25) is 0 Å². The van der Waals surface area contributed by atoms with Crippen LogP contribution < -0.4 is 5.32 Å². The lowest BCUT2D eigenvalue weighted by atomic mass is 10.1. The number of pyridine rings is 1. The van der Waals surface area contributed by atoms with Crippen LogP contribution in [0.1, 0.15) is 19.4 Å². The van der Waals surface area contributed by atoms with Crippen LogP contribution in [0.15, 0.2) is 18.5 Å². The lowest BCUT2D eigenvalue weighted by Crippen LogP contribution is -2.42. The third-order valence-electron chi connectivity index (χ3n) is 2.04. The Balaban J connectivity index is 2.49. The number of methoxy groups -OCH3 is 1. The average Bonchev–Trinajstić information content (AvgIpc) is 2.15. The molecule has 0 amide bonds. The average molecular weight is 212 g/mol. The zero-order valence-electron chi connectivity index (χ0n) is 9.38. The van der Waals surface area contributed by atoms with E-state index in [0.29, 0.717) is 13.2 Å². The van der Waals surface area contributed by atoms with Crippen LogP contribution in [0.3, 0.4) is 0 Å². The lowest BCUT2D eigenvalue weighted by molar-refractivity contribution is 0.127. The van der Waals surface area contributed by atoms with Gasteiger partial charge in [-0.25, -0.2) is 4.39 Å². The molecule has 0 atom stereocenters. The zero-order chi connectivity index (χ0) is 11.3. The monoisotopic (exact) mass is 212 g/mol. The lowest BCUT2D eigenvalue weighted by Gasteiger charge is -2.25. The first kappa shape index (κ1) is 12.1. The van der Waals surface area contributed by atoms with E-state index in [0.717, 1.165) is 5.56 Å². The molecule has 0 saturated carbocycles. The van der Waals surface area contributed by atoms with Crippen molar-refractivity contribution in [3.8, 4) is 0 Å². The summed E-state index contributed by atoms with van der Waals surface area (Å²) in [6.07, 6.45) is 2.85. The van der Waals surface area contributed by atoms with Crippen molar-refractivity contribution in [1.29, 1.82) is 0 Å². The van der Waals surface area contributed by atoms with Crippen molar-refractivity contribution in [1.82, 2.24) is 10.3 Å². The summed E-state index contributed by atoms with van der Waals surface area (Å²) in [5, 5.41) is 3.27. The van der Waals surface area contributed by atoms with Gasteiger partial charge in [0, 0.05) is 25.4 Å². The van der Waals surface area contributed by atoms with Crippen LogP contribution in [0.5, 0.6) is 0 Å². The summed E-state index contributed by atoms with van der Waals surface area (Å²) in [4.78, 5) is 3.78. The number of hydrogen-bond acceptors (Lipinski definition) is 3. The molecule has 0 aliphatic carbocycles. The summed E-state index contributed by atoms with van der Waals surface area (Å²) in [5.74, 6) is -0.307. The highest BCUT2D eigenvalue weighted by molar-refractivity contribution is 5.10. The maximum Gasteiger partial charge on any atom is 0.141 e. The van der Waals surface area contributed by atoms with Gasteiger partial charge >= 0.3 is 0 Å². The SMILES string of the molecule is COCC(C)(C)NCc1cncc(F)c1. The van der Waals surface area contributed by atoms with Crippen LogP contribution in [0.25, 0.3) is 0 Å². The second-order valence-electron chi connectivity index (χ2n) is 4.18. The third kappa shape index (κ3) is 4.36. The van der Waals surface area contributed by atoms with E-state index < -0.39 is 0 Å². The Morgan fingerprint density at radius 1 is 1.47 bits per heavy atom. The Kier molecular flexibility index (Phi) is 4.17. The molecule has 3 nitrogen and oxygen atoms in total. The van der Waals surface area contributed by atoms with Gasteiger partial charge in [0.1, 0.15) is 5.82 Å². The first-order valence-electron chi connectivity index (χ1n) is 4.87. The van der Waals surface area contributed by atoms with E-state index in [2.05, 4.69) is 10.3 Å². The maximum absolute atomic E-state index is 12.8. The molecule has 0 radical (unpaired) electrons. The Hall–Kier alpha value is -1.00. The van der Waals surface area contributed by atoms with Gasteiger partial charge in [-0.1, -0.05) is 0 Å². The third-order valence-corrected chi connectivity index (χ3v) is 2.04. The molecule has 15 heavy (non-hydrogen) atoms. The van der Waals surface area contributed by atoms with Gasteiger partial charge in [0.05, 0.1) is 12.8 Å². The molecule has 0 bridgehead atoms. The highest BCUT2D eigenvalue weighted by Crippen LogP contribution is 2.06. The summed E-state index contributed by atoms with van der Waals surface area (Å²) in [6, 6.07) is 1.48. The van der Waals surface area contributed by atoms with Crippen molar-refractivity contribution in [3.63, 3.8) is 0 Å². The van der Waals surface area contributed by atoms with E-state index in [-0.39, 0.29) is 11.4 Å². The van der Waals surface area contributed by atoms with Crippen molar-refractivity contribution in [2.24, 2.45) is 0 Å². The summed E-state index contributed by atoms with van der Waals surface area (Å²) >= 11 is 0. The number of halogens is 1. The molecule has 0 spiro atoms. The maximum atomic E-state index is 12.8. The van der Waals surface area contributed by atoms with Gasteiger partial charge in [-0.05, 0) is 25.5 Å². The zero-order valence-corrected chi connectivity index (χ0v) is 9.38. The number of ether oxygens (including phenoxy) is 1. The van der Waals surface area contributed by atoms with Gasteiger partial charge in [0.15, 0.2) is 0 Å². The molecule has 0 saturated heterocycles. The molecule has 84 valence electrons. The number of aromatic nitrogens is 1. The smallest absolute Gasteiger partial charge is 0.141 e. The van der Waals surface area contributed by atoms with Gasteiger partial charge in [0.2, 0.25) is 0 Å². The first-order valence-corrected chi connectivity index (χ1v) is 4.87. The Bertz CT molecular complexity index is 315. The van der Waals surface area contributed by atoms with Gasteiger partial charge < -0.3 is 10.1 Å².